The second-order valence-corrected chi connectivity index (χ2v) is 5.33. The Hall–Kier alpha value is -1.35. The number of hydrogen-bond acceptors (Lipinski definition) is 2. The molecule has 1 aromatic rings. The van der Waals surface area contributed by atoms with Crippen molar-refractivity contribution in [3.05, 3.63) is 35.9 Å². The van der Waals surface area contributed by atoms with Crippen LogP contribution in [0.3, 0.4) is 0 Å². The van der Waals surface area contributed by atoms with E-state index in [1.165, 1.54) is 0 Å². The van der Waals surface area contributed by atoms with E-state index in [2.05, 4.69) is 24.4 Å². The molecule has 1 amide bonds. The van der Waals surface area contributed by atoms with Crippen LogP contribution >= 0.6 is 0 Å². The highest BCUT2D eigenvalue weighted by atomic mass is 16.1. The van der Waals surface area contributed by atoms with Crippen molar-refractivity contribution >= 4 is 5.91 Å². The van der Waals surface area contributed by atoms with E-state index in [4.69, 9.17) is 5.73 Å². The van der Waals surface area contributed by atoms with Crippen molar-refractivity contribution in [1.82, 2.24) is 5.32 Å². The largest absolute Gasteiger partial charge is 0.349 e. The Morgan fingerprint density at radius 2 is 2.06 bits per heavy atom. The van der Waals surface area contributed by atoms with Gasteiger partial charge in [0.2, 0.25) is 5.91 Å². The van der Waals surface area contributed by atoms with Gasteiger partial charge < -0.3 is 11.1 Å². The van der Waals surface area contributed by atoms with E-state index in [-0.39, 0.29) is 17.5 Å². The minimum absolute atomic E-state index is 0.0768. The van der Waals surface area contributed by atoms with Gasteiger partial charge in [-0.25, -0.2) is 0 Å². The summed E-state index contributed by atoms with van der Waals surface area (Å²) in [6.07, 6.45) is 4.45. The van der Waals surface area contributed by atoms with E-state index in [1.807, 2.05) is 18.2 Å². The maximum Gasteiger partial charge on any atom is 0.222 e. The van der Waals surface area contributed by atoms with Crippen LogP contribution in [-0.4, -0.2) is 11.4 Å². The van der Waals surface area contributed by atoms with E-state index in [0.717, 1.165) is 31.2 Å². The van der Waals surface area contributed by atoms with E-state index < -0.39 is 0 Å². The van der Waals surface area contributed by atoms with Crippen LogP contribution in [0.5, 0.6) is 0 Å². The summed E-state index contributed by atoms with van der Waals surface area (Å²) in [6, 6.07) is 10.2. The highest BCUT2D eigenvalue weighted by molar-refractivity contribution is 5.77. The van der Waals surface area contributed by atoms with Crippen LogP contribution in [0.15, 0.2) is 30.3 Å². The first-order valence-electron chi connectivity index (χ1n) is 6.76. The van der Waals surface area contributed by atoms with E-state index in [0.29, 0.717) is 6.42 Å². The smallest absolute Gasteiger partial charge is 0.222 e. The molecule has 18 heavy (non-hydrogen) atoms. The fraction of sp³-hybridized carbons (Fsp3) is 0.533. The second kappa shape index (κ2) is 5.53. The van der Waals surface area contributed by atoms with Crippen molar-refractivity contribution in [2.24, 2.45) is 5.73 Å². The lowest BCUT2D eigenvalue weighted by Crippen LogP contribution is -2.50. The van der Waals surface area contributed by atoms with E-state index in [1.54, 1.807) is 0 Å². The maximum absolute atomic E-state index is 12.0. The monoisotopic (exact) mass is 246 g/mol. The van der Waals surface area contributed by atoms with Gasteiger partial charge in [-0.15, -0.1) is 0 Å². The molecular formula is C15H22N2O. The molecule has 1 unspecified atom stereocenters. The Labute approximate surface area is 109 Å². The summed E-state index contributed by atoms with van der Waals surface area (Å²) < 4.78 is 0. The summed E-state index contributed by atoms with van der Waals surface area (Å²) in [5.41, 5.74) is 7.02. The Kier molecular flexibility index (Phi) is 4.02. The standard InChI is InChI=1S/C15H22N2O/c1-2-13(12-7-4-3-5-8-12)17-14(18)11-15(16)9-6-10-15/h3-5,7-8,13H,2,6,9-11,16H2,1H3,(H,17,18). The lowest BCUT2D eigenvalue weighted by atomic mass is 9.75. The third-order valence-corrected chi connectivity index (χ3v) is 3.81. The first-order chi connectivity index (χ1) is 8.63. The zero-order valence-corrected chi connectivity index (χ0v) is 11.0. The molecule has 3 heteroatoms. The van der Waals surface area contributed by atoms with Gasteiger partial charge in [0.05, 0.1) is 6.04 Å². The average Bonchev–Trinajstić information content (AvgIpc) is 2.35. The van der Waals surface area contributed by atoms with Crippen LogP contribution in [0, 0.1) is 0 Å². The molecule has 0 radical (unpaired) electrons. The third-order valence-electron chi connectivity index (χ3n) is 3.81. The predicted octanol–water partition coefficient (Wildman–Crippen LogP) is 2.53. The van der Waals surface area contributed by atoms with Crippen molar-refractivity contribution in [1.29, 1.82) is 0 Å². The van der Waals surface area contributed by atoms with Gasteiger partial charge in [0, 0.05) is 12.0 Å². The van der Waals surface area contributed by atoms with Gasteiger partial charge in [-0.05, 0) is 31.2 Å². The topological polar surface area (TPSA) is 55.1 Å². The van der Waals surface area contributed by atoms with Crippen molar-refractivity contribution < 1.29 is 4.79 Å². The number of benzene rings is 1. The van der Waals surface area contributed by atoms with Crippen molar-refractivity contribution in [3.63, 3.8) is 0 Å². The number of nitrogens with one attached hydrogen (secondary N) is 1. The van der Waals surface area contributed by atoms with Crippen LogP contribution in [-0.2, 0) is 4.79 Å². The van der Waals surface area contributed by atoms with Crippen molar-refractivity contribution in [2.75, 3.05) is 0 Å². The molecule has 1 aliphatic rings. The molecule has 0 aliphatic heterocycles. The molecule has 0 saturated heterocycles. The number of carbonyl (C=O) groups is 1. The maximum atomic E-state index is 12.0. The predicted molar refractivity (Wildman–Crippen MR) is 73.0 cm³/mol. The van der Waals surface area contributed by atoms with E-state index in [9.17, 15) is 4.79 Å². The number of amides is 1. The number of hydrogen-bond donors (Lipinski definition) is 2. The van der Waals surface area contributed by atoms with Crippen LogP contribution in [0.25, 0.3) is 0 Å². The van der Waals surface area contributed by atoms with Crippen LogP contribution < -0.4 is 11.1 Å². The molecule has 0 spiro atoms. The Morgan fingerprint density at radius 1 is 1.39 bits per heavy atom. The minimum atomic E-state index is -0.237. The molecule has 2 rings (SSSR count). The SMILES string of the molecule is CCC(NC(=O)CC1(N)CCC1)c1ccccc1. The summed E-state index contributed by atoms with van der Waals surface area (Å²) in [6.45, 7) is 2.08. The first-order valence-corrected chi connectivity index (χ1v) is 6.76. The minimum Gasteiger partial charge on any atom is -0.349 e. The molecule has 3 N–H and O–H groups in total. The molecule has 0 heterocycles. The highest BCUT2D eigenvalue weighted by Crippen LogP contribution is 2.32. The zero-order valence-electron chi connectivity index (χ0n) is 11.0. The molecule has 0 bridgehead atoms. The Balaban J connectivity index is 1.92. The van der Waals surface area contributed by atoms with E-state index >= 15 is 0 Å². The van der Waals surface area contributed by atoms with Gasteiger partial charge in [-0.1, -0.05) is 37.3 Å². The quantitative estimate of drug-likeness (QED) is 0.838. The molecule has 1 saturated carbocycles. The summed E-state index contributed by atoms with van der Waals surface area (Å²) in [5.74, 6) is 0.0768. The fourth-order valence-corrected chi connectivity index (χ4v) is 2.48. The lowest BCUT2D eigenvalue weighted by molar-refractivity contribution is -0.123. The average molecular weight is 246 g/mol. The normalized spacial score (nSPS) is 18.8. The van der Waals surface area contributed by atoms with Crippen LogP contribution in [0.1, 0.15) is 50.6 Å². The summed E-state index contributed by atoms with van der Waals surface area (Å²) in [5, 5.41) is 3.09. The summed E-state index contributed by atoms with van der Waals surface area (Å²) >= 11 is 0. The number of rotatable bonds is 5. The van der Waals surface area contributed by atoms with Crippen molar-refractivity contribution in [2.45, 2.75) is 50.6 Å². The first kappa shape index (κ1) is 13.1. The highest BCUT2D eigenvalue weighted by Gasteiger charge is 2.34. The van der Waals surface area contributed by atoms with Crippen LogP contribution in [0.2, 0.25) is 0 Å². The van der Waals surface area contributed by atoms with Gasteiger partial charge in [0.25, 0.3) is 0 Å². The summed E-state index contributed by atoms with van der Waals surface area (Å²) in [4.78, 5) is 12.0. The van der Waals surface area contributed by atoms with Crippen molar-refractivity contribution in [3.8, 4) is 0 Å². The zero-order chi connectivity index (χ0) is 13.0. The molecule has 0 aromatic heterocycles. The van der Waals surface area contributed by atoms with Gasteiger partial charge in [-0.3, -0.25) is 4.79 Å². The van der Waals surface area contributed by atoms with Gasteiger partial charge in [0.1, 0.15) is 0 Å². The molecule has 1 fully saturated rings. The third kappa shape index (κ3) is 3.10. The molecule has 98 valence electrons. The lowest BCUT2D eigenvalue weighted by Gasteiger charge is -2.37. The Bertz CT molecular complexity index is 398. The number of carbonyl (C=O) groups excluding carboxylic acids is 1. The van der Waals surface area contributed by atoms with Gasteiger partial charge in [-0.2, -0.15) is 0 Å². The van der Waals surface area contributed by atoms with Crippen LogP contribution in [0.4, 0.5) is 0 Å². The van der Waals surface area contributed by atoms with Gasteiger partial charge >= 0.3 is 0 Å². The molecular weight excluding hydrogens is 224 g/mol. The number of nitrogens with two attached hydrogens (primary N) is 1. The summed E-state index contributed by atoms with van der Waals surface area (Å²) in [7, 11) is 0. The van der Waals surface area contributed by atoms with Gasteiger partial charge in [0.15, 0.2) is 0 Å². The molecule has 1 aromatic carbocycles. The second-order valence-electron chi connectivity index (χ2n) is 5.33. The Morgan fingerprint density at radius 3 is 2.56 bits per heavy atom. The molecule has 1 aliphatic carbocycles. The molecule has 1 atom stereocenters. The fourth-order valence-electron chi connectivity index (χ4n) is 2.48. The molecule has 3 nitrogen and oxygen atoms in total.